The number of hydrogen-bond donors (Lipinski definition) is 0. The van der Waals surface area contributed by atoms with Crippen molar-refractivity contribution in [1.82, 2.24) is 4.57 Å². The number of carbonyl (C=O) groups is 1. The van der Waals surface area contributed by atoms with Crippen LogP contribution in [0.1, 0.15) is 55.8 Å². The lowest BCUT2D eigenvalue weighted by Crippen LogP contribution is -2.30. The Morgan fingerprint density at radius 3 is 2.65 bits per heavy atom. The van der Waals surface area contributed by atoms with E-state index < -0.39 is 0 Å². The van der Waals surface area contributed by atoms with Crippen LogP contribution in [0.25, 0.3) is 0 Å². The smallest absolute Gasteiger partial charge is 0.235 e. The fourth-order valence-corrected chi connectivity index (χ4v) is 3.12. The lowest BCUT2D eigenvalue weighted by molar-refractivity contribution is 0.0874. The number of pyridine rings is 1. The van der Waals surface area contributed by atoms with Gasteiger partial charge in [-0.05, 0) is 49.8 Å². The maximum absolute atomic E-state index is 12.5. The van der Waals surface area contributed by atoms with Gasteiger partial charge >= 0.3 is 0 Å². The molecule has 1 aromatic heterocycles. The molecule has 20 heavy (non-hydrogen) atoms. The van der Waals surface area contributed by atoms with Crippen molar-refractivity contribution >= 4 is 5.91 Å². The van der Waals surface area contributed by atoms with Gasteiger partial charge in [0.05, 0.1) is 6.04 Å². The van der Waals surface area contributed by atoms with E-state index in [2.05, 4.69) is 19.9 Å². The van der Waals surface area contributed by atoms with Crippen LogP contribution in [-0.4, -0.2) is 16.5 Å². The molecule has 0 aliphatic heterocycles. The molecule has 2 unspecified atom stereocenters. The molecule has 108 valence electrons. The summed E-state index contributed by atoms with van der Waals surface area (Å²) in [5, 5.41) is 0. The van der Waals surface area contributed by atoms with Gasteiger partial charge in [-0.1, -0.05) is 26.2 Å². The molecule has 0 amide bonds. The second kappa shape index (κ2) is 5.55. The van der Waals surface area contributed by atoms with Crippen molar-refractivity contribution in [2.24, 2.45) is 16.8 Å². The van der Waals surface area contributed by atoms with Crippen LogP contribution in [0.4, 0.5) is 0 Å². The van der Waals surface area contributed by atoms with Gasteiger partial charge in [0.15, 0.2) is 0 Å². The minimum atomic E-state index is 0.211. The van der Waals surface area contributed by atoms with Gasteiger partial charge in [0.1, 0.15) is 5.49 Å². The summed E-state index contributed by atoms with van der Waals surface area (Å²) in [6.45, 7) is 4.21. The molecule has 0 bridgehead atoms. The van der Waals surface area contributed by atoms with E-state index >= 15 is 0 Å². The molecule has 0 spiro atoms. The molecule has 2 aliphatic carbocycles. The lowest BCUT2D eigenvalue weighted by atomic mass is 9.96. The van der Waals surface area contributed by atoms with E-state index in [1.54, 1.807) is 4.57 Å². The summed E-state index contributed by atoms with van der Waals surface area (Å²) in [5.74, 6) is 0.980. The van der Waals surface area contributed by atoms with Crippen molar-refractivity contribution in [2.45, 2.75) is 58.4 Å². The Kier molecular flexibility index (Phi) is 3.77. The lowest BCUT2D eigenvalue weighted by Gasteiger charge is -2.18. The van der Waals surface area contributed by atoms with E-state index in [9.17, 15) is 4.79 Å². The molecule has 0 radical (unpaired) electrons. The van der Waals surface area contributed by atoms with E-state index in [4.69, 9.17) is 4.99 Å². The van der Waals surface area contributed by atoms with Gasteiger partial charge in [-0.3, -0.25) is 14.4 Å². The van der Waals surface area contributed by atoms with Gasteiger partial charge in [-0.2, -0.15) is 0 Å². The summed E-state index contributed by atoms with van der Waals surface area (Å²) in [7, 11) is 0. The van der Waals surface area contributed by atoms with E-state index in [0.29, 0.717) is 12.0 Å². The molecule has 0 aromatic carbocycles. The quantitative estimate of drug-likeness (QED) is 0.813. The molecule has 0 saturated heterocycles. The average Bonchev–Trinajstić information content (AvgIpc) is 3.17. The van der Waals surface area contributed by atoms with Crippen LogP contribution in [0.5, 0.6) is 0 Å². The van der Waals surface area contributed by atoms with Crippen LogP contribution in [0, 0.1) is 18.8 Å². The molecule has 2 fully saturated rings. The summed E-state index contributed by atoms with van der Waals surface area (Å²) in [5.41, 5.74) is 2.04. The topological polar surface area (TPSA) is 34.4 Å². The molecule has 0 N–H and O–H groups in total. The van der Waals surface area contributed by atoms with Crippen molar-refractivity contribution in [3.8, 4) is 0 Å². The molecular formula is C17H24N2O. The largest absolute Gasteiger partial charge is 0.274 e. The Labute approximate surface area is 120 Å². The van der Waals surface area contributed by atoms with E-state index in [0.717, 1.165) is 11.9 Å². The van der Waals surface area contributed by atoms with Gasteiger partial charge in [-0.15, -0.1) is 0 Å². The Morgan fingerprint density at radius 1 is 1.30 bits per heavy atom. The Bertz CT molecular complexity index is 567. The highest BCUT2D eigenvalue weighted by Crippen LogP contribution is 2.38. The van der Waals surface area contributed by atoms with Gasteiger partial charge < -0.3 is 0 Å². The molecule has 1 aromatic rings. The first-order valence-electron chi connectivity index (χ1n) is 7.92. The van der Waals surface area contributed by atoms with E-state index in [-0.39, 0.29) is 11.8 Å². The van der Waals surface area contributed by atoms with Crippen LogP contribution in [0.2, 0.25) is 0 Å². The van der Waals surface area contributed by atoms with Gasteiger partial charge in [0, 0.05) is 12.1 Å². The Hall–Kier alpha value is -1.38. The van der Waals surface area contributed by atoms with Gasteiger partial charge in [0.25, 0.3) is 0 Å². The third-order valence-electron chi connectivity index (χ3n) is 4.64. The standard InChI is InChI=1S/C17H24N2O/c1-12-8-9-19(17(20)15-11-13(15)2)16(10-12)18-14-6-4-3-5-7-14/h8-10,13-15H,3-7,11H2,1-2H3. The zero-order chi connectivity index (χ0) is 14.1. The maximum Gasteiger partial charge on any atom is 0.235 e. The maximum atomic E-state index is 12.5. The Balaban J connectivity index is 1.93. The van der Waals surface area contributed by atoms with Gasteiger partial charge in [0.2, 0.25) is 5.91 Å². The zero-order valence-corrected chi connectivity index (χ0v) is 12.5. The monoisotopic (exact) mass is 272 g/mol. The zero-order valence-electron chi connectivity index (χ0n) is 12.5. The van der Waals surface area contributed by atoms with Crippen molar-refractivity contribution in [3.05, 3.63) is 29.4 Å². The highest BCUT2D eigenvalue weighted by molar-refractivity contribution is 5.83. The van der Waals surface area contributed by atoms with Crippen LogP contribution in [0.3, 0.4) is 0 Å². The summed E-state index contributed by atoms with van der Waals surface area (Å²) >= 11 is 0. The van der Waals surface area contributed by atoms with Gasteiger partial charge in [-0.25, -0.2) is 0 Å². The fourth-order valence-electron chi connectivity index (χ4n) is 3.12. The molecule has 2 saturated carbocycles. The second-order valence-corrected chi connectivity index (χ2v) is 6.51. The number of aromatic nitrogens is 1. The Morgan fingerprint density at radius 2 is 2.00 bits per heavy atom. The molecule has 3 rings (SSSR count). The van der Waals surface area contributed by atoms with Crippen LogP contribution in [0.15, 0.2) is 23.3 Å². The van der Waals surface area contributed by atoms with Crippen molar-refractivity contribution in [1.29, 1.82) is 0 Å². The fraction of sp³-hybridized carbons (Fsp3) is 0.647. The second-order valence-electron chi connectivity index (χ2n) is 6.51. The first-order valence-corrected chi connectivity index (χ1v) is 7.92. The predicted molar refractivity (Wildman–Crippen MR) is 79.5 cm³/mol. The SMILES string of the molecule is Cc1ccn(C(=O)C2CC2C)c(=NC2CCCCC2)c1. The first-order chi connectivity index (χ1) is 9.65. The molecule has 2 aliphatic rings. The number of hydrogen-bond acceptors (Lipinski definition) is 2. The predicted octanol–water partition coefficient (Wildman–Crippen LogP) is 3.33. The third-order valence-corrected chi connectivity index (χ3v) is 4.64. The summed E-state index contributed by atoms with van der Waals surface area (Å²) < 4.78 is 1.79. The number of rotatable bonds is 2. The normalized spacial score (nSPS) is 27.6. The molecule has 3 heteroatoms. The molecule has 1 heterocycles. The molecular weight excluding hydrogens is 248 g/mol. The first kappa shape index (κ1) is 13.6. The summed E-state index contributed by atoms with van der Waals surface area (Å²) in [6, 6.07) is 4.46. The third kappa shape index (κ3) is 2.87. The summed E-state index contributed by atoms with van der Waals surface area (Å²) in [4.78, 5) is 17.4. The van der Waals surface area contributed by atoms with E-state index in [1.165, 1.54) is 37.7 Å². The van der Waals surface area contributed by atoms with Crippen molar-refractivity contribution in [2.75, 3.05) is 0 Å². The molecule has 2 atom stereocenters. The summed E-state index contributed by atoms with van der Waals surface area (Å²) in [6.07, 6.45) is 9.15. The number of carbonyl (C=O) groups excluding carboxylic acids is 1. The van der Waals surface area contributed by atoms with Crippen molar-refractivity contribution in [3.63, 3.8) is 0 Å². The highest BCUT2D eigenvalue weighted by Gasteiger charge is 2.39. The highest BCUT2D eigenvalue weighted by atomic mass is 16.2. The van der Waals surface area contributed by atoms with Crippen molar-refractivity contribution < 1.29 is 4.79 Å². The number of aryl methyl sites for hydroxylation is 1. The number of nitrogens with zero attached hydrogens (tertiary/aromatic N) is 2. The average molecular weight is 272 g/mol. The van der Waals surface area contributed by atoms with Crippen LogP contribution < -0.4 is 5.49 Å². The van der Waals surface area contributed by atoms with E-state index in [1.807, 2.05) is 12.3 Å². The molecule has 3 nitrogen and oxygen atoms in total. The van der Waals surface area contributed by atoms with Crippen LogP contribution in [-0.2, 0) is 0 Å². The minimum Gasteiger partial charge on any atom is -0.274 e. The minimum absolute atomic E-state index is 0.211. The van der Waals surface area contributed by atoms with Crippen LogP contribution >= 0.6 is 0 Å².